The van der Waals surface area contributed by atoms with Gasteiger partial charge in [-0.1, -0.05) is 0 Å². The van der Waals surface area contributed by atoms with Gasteiger partial charge < -0.3 is 55.3 Å². The molecule has 0 aliphatic carbocycles. The molecule has 2 fully saturated rings. The van der Waals surface area contributed by atoms with Gasteiger partial charge in [-0.25, -0.2) is 0 Å². The first-order chi connectivity index (χ1) is 12.2. The molecule has 12 nitrogen and oxygen atoms in total. The van der Waals surface area contributed by atoms with Gasteiger partial charge >= 0.3 is 0 Å². The Kier molecular flexibility index (Phi) is 7.27. The minimum atomic E-state index is -1.74. The maximum absolute atomic E-state index is 11.1. The van der Waals surface area contributed by atoms with Crippen LogP contribution in [0.3, 0.4) is 0 Å². The summed E-state index contributed by atoms with van der Waals surface area (Å²) >= 11 is 0. The number of hydrogen-bond donors (Lipinski definition) is 8. The van der Waals surface area contributed by atoms with Crippen LogP contribution in [0.25, 0.3) is 0 Å². The predicted octanol–water partition coefficient (Wildman–Crippen LogP) is -5.25. The molecule has 0 saturated carbocycles. The van der Waals surface area contributed by atoms with E-state index < -0.39 is 73.9 Å². The molecule has 2 rings (SSSR count). The van der Waals surface area contributed by atoms with Crippen molar-refractivity contribution in [3.8, 4) is 0 Å². The summed E-state index contributed by atoms with van der Waals surface area (Å²) in [6.45, 7) is 0.363. The Hall–Kier alpha value is -0.930. The summed E-state index contributed by atoms with van der Waals surface area (Å²) < 4.78 is 15.7. The molecule has 26 heavy (non-hydrogen) atoms. The fourth-order valence-electron chi connectivity index (χ4n) is 2.83. The van der Waals surface area contributed by atoms with Gasteiger partial charge in [-0.3, -0.25) is 4.79 Å². The van der Waals surface area contributed by atoms with E-state index in [9.17, 15) is 40.5 Å². The molecule has 0 aromatic heterocycles. The van der Waals surface area contributed by atoms with Gasteiger partial charge in [0.2, 0.25) is 5.91 Å². The third-order valence-electron chi connectivity index (χ3n) is 4.35. The minimum absolute atomic E-state index is 0.196. The maximum atomic E-state index is 11.1. The maximum Gasteiger partial charge on any atom is 0.216 e. The van der Waals surface area contributed by atoms with Gasteiger partial charge in [0.05, 0.1) is 6.61 Å². The van der Waals surface area contributed by atoms with Crippen molar-refractivity contribution in [1.82, 2.24) is 5.32 Å². The topological polar surface area (TPSA) is 198 Å². The summed E-state index contributed by atoms with van der Waals surface area (Å²) in [7, 11) is 0. The van der Waals surface area contributed by atoms with Crippen LogP contribution in [-0.2, 0) is 19.0 Å². The van der Waals surface area contributed by atoms with E-state index >= 15 is 0 Å². The number of carbonyl (C=O) groups excluding carboxylic acids is 1. The van der Waals surface area contributed by atoms with Crippen LogP contribution < -0.4 is 5.32 Å². The van der Waals surface area contributed by atoms with Crippen molar-refractivity contribution in [2.24, 2.45) is 0 Å². The van der Waals surface area contributed by atoms with Crippen molar-refractivity contribution >= 4 is 5.91 Å². The van der Waals surface area contributed by atoms with Crippen LogP contribution in [0.2, 0.25) is 0 Å². The van der Waals surface area contributed by atoms with Crippen molar-refractivity contribution in [2.75, 3.05) is 13.2 Å². The van der Waals surface area contributed by atoms with Crippen molar-refractivity contribution in [1.29, 1.82) is 0 Å². The van der Waals surface area contributed by atoms with Gasteiger partial charge in [0.25, 0.3) is 0 Å². The van der Waals surface area contributed by atoms with Gasteiger partial charge in [0.1, 0.15) is 48.8 Å². The zero-order valence-electron chi connectivity index (χ0n) is 14.0. The molecule has 0 bridgehead atoms. The number of nitrogens with one attached hydrogen (secondary N) is 1. The lowest BCUT2D eigenvalue weighted by atomic mass is 9.96. The first-order valence-corrected chi connectivity index (χ1v) is 8.07. The molecule has 1 unspecified atom stereocenters. The van der Waals surface area contributed by atoms with E-state index in [4.69, 9.17) is 14.2 Å². The first-order valence-electron chi connectivity index (χ1n) is 8.07. The van der Waals surface area contributed by atoms with E-state index in [2.05, 4.69) is 5.32 Å². The van der Waals surface area contributed by atoms with Crippen LogP contribution in [0, 0.1) is 0 Å². The van der Waals surface area contributed by atoms with Crippen LogP contribution in [0.15, 0.2) is 0 Å². The van der Waals surface area contributed by atoms with Gasteiger partial charge in [0, 0.05) is 13.5 Å². The molecular weight excluding hydrogens is 358 g/mol. The quantitative estimate of drug-likeness (QED) is 0.226. The van der Waals surface area contributed by atoms with E-state index in [0.29, 0.717) is 0 Å². The zero-order valence-corrected chi connectivity index (χ0v) is 14.0. The average molecular weight is 383 g/mol. The van der Waals surface area contributed by atoms with Crippen molar-refractivity contribution < 1.29 is 54.8 Å². The van der Waals surface area contributed by atoms with Gasteiger partial charge in [-0.2, -0.15) is 0 Å². The molecule has 2 aliphatic rings. The number of carbonyl (C=O) groups is 1. The Bertz CT molecular complexity index is 478. The SMILES string of the molecule is CC(=O)NC[C@H]1OC(O)[C@H](O)[C@@H](O)[C@@H]1O[C@H]1O[C@H](CO)[C@@H](O)[C@H](O)[C@H]1O. The highest BCUT2D eigenvalue weighted by Gasteiger charge is 2.50. The molecule has 152 valence electrons. The molecule has 2 aliphatic heterocycles. The van der Waals surface area contributed by atoms with Crippen molar-refractivity contribution in [3.05, 3.63) is 0 Å². The molecule has 12 heteroatoms. The monoisotopic (exact) mass is 383 g/mol. The van der Waals surface area contributed by atoms with Crippen molar-refractivity contribution in [2.45, 2.75) is 68.3 Å². The van der Waals surface area contributed by atoms with E-state index in [-0.39, 0.29) is 6.54 Å². The fourth-order valence-corrected chi connectivity index (χ4v) is 2.83. The third kappa shape index (κ3) is 4.48. The highest BCUT2D eigenvalue weighted by atomic mass is 16.7. The molecule has 2 heterocycles. The van der Waals surface area contributed by atoms with Crippen LogP contribution >= 0.6 is 0 Å². The average Bonchev–Trinajstić information content (AvgIpc) is 2.60. The first kappa shape index (κ1) is 21.4. The highest BCUT2D eigenvalue weighted by molar-refractivity contribution is 5.72. The summed E-state index contributed by atoms with van der Waals surface area (Å²) in [6.07, 6.45) is -15.5. The normalized spacial score (nSPS) is 46.8. The fraction of sp³-hybridized carbons (Fsp3) is 0.929. The second-order valence-electron chi connectivity index (χ2n) is 6.28. The van der Waals surface area contributed by atoms with Gasteiger partial charge in [0.15, 0.2) is 12.6 Å². The standard InChI is InChI=1S/C14H25NO11/c1-4(17)15-2-5-12(9(20)10(21)13(23)24-5)26-14-11(22)8(19)7(18)6(3-16)25-14/h5-14,16,18-23H,2-3H2,1H3,(H,15,17)/t5-,6-,7-,8+,9-,10-,11-,12-,13?,14-/m1/s1. The molecule has 0 radical (unpaired) electrons. The molecule has 0 aromatic rings. The summed E-state index contributed by atoms with van der Waals surface area (Å²) in [5.41, 5.74) is 0. The molecule has 10 atom stereocenters. The van der Waals surface area contributed by atoms with E-state index in [1.165, 1.54) is 6.92 Å². The lowest BCUT2D eigenvalue weighted by Gasteiger charge is -2.45. The number of hydrogen-bond acceptors (Lipinski definition) is 11. The Labute approximate surface area is 148 Å². The zero-order chi connectivity index (χ0) is 19.6. The number of rotatable bonds is 5. The lowest BCUT2D eigenvalue weighted by molar-refractivity contribution is -0.352. The highest BCUT2D eigenvalue weighted by Crippen LogP contribution is 2.28. The van der Waals surface area contributed by atoms with E-state index in [1.807, 2.05) is 0 Å². The summed E-state index contributed by atoms with van der Waals surface area (Å²) in [5.74, 6) is -0.421. The molecule has 0 spiro atoms. The molecule has 1 amide bonds. The predicted molar refractivity (Wildman–Crippen MR) is 80.2 cm³/mol. The molecule has 8 N–H and O–H groups in total. The second kappa shape index (κ2) is 8.84. The lowest BCUT2D eigenvalue weighted by Crippen LogP contribution is -2.65. The smallest absolute Gasteiger partial charge is 0.216 e. The second-order valence-corrected chi connectivity index (χ2v) is 6.28. The summed E-state index contributed by atoms with van der Waals surface area (Å²) in [6, 6.07) is 0. The van der Waals surface area contributed by atoms with Gasteiger partial charge in [-0.05, 0) is 0 Å². The Balaban J connectivity index is 2.14. The molecule has 0 aromatic carbocycles. The van der Waals surface area contributed by atoms with E-state index in [0.717, 1.165) is 0 Å². The van der Waals surface area contributed by atoms with Gasteiger partial charge in [-0.15, -0.1) is 0 Å². The third-order valence-corrected chi connectivity index (χ3v) is 4.35. The largest absolute Gasteiger partial charge is 0.394 e. The van der Waals surface area contributed by atoms with Crippen molar-refractivity contribution in [3.63, 3.8) is 0 Å². The number of aliphatic hydroxyl groups excluding tert-OH is 7. The summed E-state index contributed by atoms with van der Waals surface area (Å²) in [4.78, 5) is 11.1. The number of ether oxygens (including phenoxy) is 3. The minimum Gasteiger partial charge on any atom is -0.394 e. The molecule has 2 saturated heterocycles. The Morgan fingerprint density at radius 3 is 2.15 bits per heavy atom. The number of aliphatic hydroxyl groups is 7. The van der Waals surface area contributed by atoms with Crippen LogP contribution in [0.1, 0.15) is 6.92 Å². The van der Waals surface area contributed by atoms with Crippen LogP contribution in [0.5, 0.6) is 0 Å². The van der Waals surface area contributed by atoms with Crippen LogP contribution in [-0.4, -0.2) is 116 Å². The number of amides is 1. The molecular formula is C14H25NO11. The Morgan fingerprint density at radius 1 is 0.923 bits per heavy atom. The van der Waals surface area contributed by atoms with Crippen LogP contribution in [0.4, 0.5) is 0 Å². The van der Waals surface area contributed by atoms with E-state index in [1.54, 1.807) is 0 Å². The Morgan fingerprint density at radius 2 is 1.58 bits per heavy atom. The summed E-state index contributed by atoms with van der Waals surface area (Å²) in [5, 5.41) is 70.7.